The molecule has 1 aliphatic rings. The summed E-state index contributed by atoms with van der Waals surface area (Å²) in [6.07, 6.45) is 4.40. The Balaban J connectivity index is 1.55. The number of likely N-dealkylation sites (tertiary alicyclic amines) is 1. The van der Waals surface area contributed by atoms with E-state index in [-0.39, 0.29) is 11.6 Å². The summed E-state index contributed by atoms with van der Waals surface area (Å²) in [6, 6.07) is 9.91. The number of benzene rings is 1. The van der Waals surface area contributed by atoms with Gasteiger partial charge in [0.25, 0.3) is 15.7 Å². The zero-order valence-corrected chi connectivity index (χ0v) is 20.2. The number of hydrogen-bond donors (Lipinski definition) is 0. The highest BCUT2D eigenvalue weighted by atomic mass is 35.5. The lowest BCUT2D eigenvalue weighted by Crippen LogP contribution is -2.35. The first-order valence-corrected chi connectivity index (χ1v) is 13.4. The van der Waals surface area contributed by atoms with E-state index in [2.05, 4.69) is 4.98 Å². The number of carbonyl (C=O) groups is 1. The highest BCUT2D eigenvalue weighted by molar-refractivity contribution is 7.91. The SMILES string of the molecule is O=C(c1ccc(-c2csc(-c3ccnc(CS(=O)(=O)C(F)(F)F)c3)c2)c(Cl)c1)N1CCCCC1. The number of sulfone groups is 1. The van der Waals surface area contributed by atoms with Gasteiger partial charge in [0.1, 0.15) is 5.75 Å². The second-order valence-corrected chi connectivity index (χ2v) is 11.3. The van der Waals surface area contributed by atoms with Gasteiger partial charge in [-0.1, -0.05) is 17.7 Å². The number of carbonyl (C=O) groups excluding carboxylic acids is 1. The second kappa shape index (κ2) is 9.67. The van der Waals surface area contributed by atoms with Crippen LogP contribution in [0, 0.1) is 0 Å². The van der Waals surface area contributed by atoms with E-state index in [4.69, 9.17) is 11.6 Å². The average molecular weight is 529 g/mol. The standard InChI is InChI=1S/C23H20ClF3N2O3S2/c24-20-11-16(22(30)29-8-2-1-3-9-29)4-5-19(20)17-12-21(33-13-17)15-6-7-28-18(10-15)14-34(31,32)23(25,26)27/h4-7,10-13H,1-3,8-9,14H2. The molecule has 4 rings (SSSR count). The molecule has 0 N–H and O–H groups in total. The first-order chi connectivity index (χ1) is 16.0. The van der Waals surface area contributed by atoms with E-state index >= 15 is 0 Å². The van der Waals surface area contributed by atoms with Gasteiger partial charge in [0.2, 0.25) is 0 Å². The fourth-order valence-corrected chi connectivity index (χ4v) is 5.69. The number of rotatable bonds is 5. The van der Waals surface area contributed by atoms with E-state index in [1.165, 1.54) is 23.6 Å². The monoisotopic (exact) mass is 528 g/mol. The molecule has 0 aliphatic carbocycles. The molecule has 0 spiro atoms. The van der Waals surface area contributed by atoms with Gasteiger partial charge >= 0.3 is 5.51 Å². The van der Waals surface area contributed by atoms with Gasteiger partial charge in [-0.2, -0.15) is 13.2 Å². The fraction of sp³-hybridized carbons (Fsp3) is 0.304. The van der Waals surface area contributed by atoms with Crippen LogP contribution in [-0.4, -0.2) is 42.8 Å². The third kappa shape index (κ3) is 5.29. The second-order valence-electron chi connectivity index (χ2n) is 7.99. The van der Waals surface area contributed by atoms with Crippen LogP contribution in [0.3, 0.4) is 0 Å². The molecular formula is C23H20ClF3N2O3S2. The summed E-state index contributed by atoms with van der Waals surface area (Å²) in [5, 5.41) is 2.26. The Bertz CT molecular complexity index is 1320. The Kier molecular flexibility index (Phi) is 7.02. The van der Waals surface area contributed by atoms with Crippen molar-refractivity contribution >= 4 is 38.7 Å². The van der Waals surface area contributed by atoms with Crippen molar-refractivity contribution in [2.24, 2.45) is 0 Å². The minimum absolute atomic E-state index is 0.0442. The third-order valence-corrected chi connectivity index (χ3v) is 8.23. The molecular weight excluding hydrogens is 509 g/mol. The van der Waals surface area contributed by atoms with E-state index in [1.54, 1.807) is 24.3 Å². The van der Waals surface area contributed by atoms with Crippen LogP contribution in [0.4, 0.5) is 13.2 Å². The molecule has 11 heteroatoms. The number of piperidine rings is 1. The molecule has 0 saturated carbocycles. The van der Waals surface area contributed by atoms with E-state index in [9.17, 15) is 26.4 Å². The lowest BCUT2D eigenvalue weighted by molar-refractivity contribution is -0.0437. The van der Waals surface area contributed by atoms with E-state index in [0.717, 1.165) is 37.9 Å². The maximum atomic E-state index is 12.7. The lowest BCUT2D eigenvalue weighted by atomic mass is 10.0. The summed E-state index contributed by atoms with van der Waals surface area (Å²) in [6.45, 7) is 1.48. The van der Waals surface area contributed by atoms with Gasteiger partial charge in [-0.15, -0.1) is 11.3 Å². The summed E-state index contributed by atoms with van der Waals surface area (Å²) in [5.74, 6) is -1.27. The minimum Gasteiger partial charge on any atom is -0.339 e. The van der Waals surface area contributed by atoms with Crippen LogP contribution in [0.15, 0.2) is 48.0 Å². The molecule has 1 aliphatic heterocycles. The molecule has 2 aromatic heterocycles. The van der Waals surface area contributed by atoms with Crippen molar-refractivity contribution < 1.29 is 26.4 Å². The maximum absolute atomic E-state index is 12.7. The Morgan fingerprint density at radius 3 is 2.47 bits per heavy atom. The van der Waals surface area contributed by atoms with Crippen molar-refractivity contribution in [3.05, 3.63) is 64.3 Å². The van der Waals surface area contributed by atoms with Crippen LogP contribution >= 0.6 is 22.9 Å². The molecule has 5 nitrogen and oxygen atoms in total. The van der Waals surface area contributed by atoms with Crippen LogP contribution in [0.5, 0.6) is 0 Å². The van der Waals surface area contributed by atoms with Crippen LogP contribution in [0.25, 0.3) is 21.6 Å². The van der Waals surface area contributed by atoms with Crippen LogP contribution < -0.4 is 0 Å². The van der Waals surface area contributed by atoms with E-state index in [0.29, 0.717) is 26.6 Å². The highest BCUT2D eigenvalue weighted by Crippen LogP contribution is 2.37. The Morgan fingerprint density at radius 2 is 1.79 bits per heavy atom. The molecule has 34 heavy (non-hydrogen) atoms. The number of amides is 1. The molecule has 0 atom stereocenters. The topological polar surface area (TPSA) is 67.3 Å². The Hall–Kier alpha value is -2.43. The average Bonchev–Trinajstić information content (AvgIpc) is 3.28. The molecule has 1 amide bonds. The Morgan fingerprint density at radius 1 is 1.06 bits per heavy atom. The first kappa shape index (κ1) is 24.7. The van der Waals surface area contributed by atoms with Crippen molar-refractivity contribution in [2.45, 2.75) is 30.5 Å². The molecule has 0 radical (unpaired) electrons. The predicted octanol–water partition coefficient (Wildman–Crippen LogP) is 6.19. The fourth-order valence-electron chi connectivity index (χ4n) is 3.78. The summed E-state index contributed by atoms with van der Waals surface area (Å²) < 4.78 is 61.1. The van der Waals surface area contributed by atoms with Gasteiger partial charge in [-0.05, 0) is 66.1 Å². The van der Waals surface area contributed by atoms with E-state index < -0.39 is 21.1 Å². The normalized spacial score (nSPS) is 14.9. The van der Waals surface area contributed by atoms with Gasteiger partial charge in [0, 0.05) is 40.3 Å². The first-order valence-electron chi connectivity index (χ1n) is 10.5. The molecule has 3 aromatic rings. The van der Waals surface area contributed by atoms with Crippen LogP contribution in [-0.2, 0) is 15.6 Å². The lowest BCUT2D eigenvalue weighted by Gasteiger charge is -2.26. The largest absolute Gasteiger partial charge is 0.497 e. The van der Waals surface area contributed by atoms with Crippen molar-refractivity contribution in [2.75, 3.05) is 13.1 Å². The number of alkyl halides is 3. The smallest absolute Gasteiger partial charge is 0.339 e. The van der Waals surface area contributed by atoms with Gasteiger partial charge in [-0.3, -0.25) is 9.78 Å². The highest BCUT2D eigenvalue weighted by Gasteiger charge is 2.45. The number of pyridine rings is 1. The molecule has 3 heterocycles. The van der Waals surface area contributed by atoms with Gasteiger partial charge in [0.05, 0.1) is 5.69 Å². The van der Waals surface area contributed by atoms with Gasteiger partial charge in [0.15, 0.2) is 0 Å². The Labute approximate surface area is 204 Å². The van der Waals surface area contributed by atoms with Gasteiger partial charge in [-0.25, -0.2) is 8.42 Å². The van der Waals surface area contributed by atoms with Crippen molar-refractivity contribution in [1.29, 1.82) is 0 Å². The molecule has 1 fully saturated rings. The third-order valence-electron chi connectivity index (χ3n) is 5.56. The van der Waals surface area contributed by atoms with Gasteiger partial charge < -0.3 is 4.90 Å². The summed E-state index contributed by atoms with van der Waals surface area (Å²) in [5.41, 5.74) is -2.96. The molecule has 0 unspecified atom stereocenters. The summed E-state index contributed by atoms with van der Waals surface area (Å²) >= 11 is 7.83. The number of thiophene rings is 1. The number of aromatic nitrogens is 1. The van der Waals surface area contributed by atoms with Crippen molar-refractivity contribution in [3.8, 4) is 21.6 Å². The number of nitrogens with zero attached hydrogens (tertiary/aromatic N) is 2. The van der Waals surface area contributed by atoms with E-state index in [1.807, 2.05) is 16.3 Å². The zero-order valence-electron chi connectivity index (χ0n) is 17.8. The zero-order chi connectivity index (χ0) is 24.5. The van der Waals surface area contributed by atoms with Crippen molar-refractivity contribution in [3.63, 3.8) is 0 Å². The maximum Gasteiger partial charge on any atom is 0.497 e. The molecule has 0 bridgehead atoms. The number of hydrogen-bond acceptors (Lipinski definition) is 5. The van der Waals surface area contributed by atoms with Crippen molar-refractivity contribution in [1.82, 2.24) is 9.88 Å². The summed E-state index contributed by atoms with van der Waals surface area (Å²) in [4.78, 5) is 19.1. The predicted molar refractivity (Wildman–Crippen MR) is 126 cm³/mol. The van der Waals surface area contributed by atoms with Crippen LogP contribution in [0.2, 0.25) is 5.02 Å². The minimum atomic E-state index is -5.33. The molecule has 1 aromatic carbocycles. The summed E-state index contributed by atoms with van der Waals surface area (Å²) in [7, 11) is -5.32. The quantitative estimate of drug-likeness (QED) is 0.396. The molecule has 1 saturated heterocycles. The molecule has 180 valence electrons. The number of halogens is 4. The van der Waals surface area contributed by atoms with Crippen LogP contribution in [0.1, 0.15) is 35.3 Å².